The molecule has 9 aromatic heterocycles. The monoisotopic (exact) mass is 1000 g/mol. The topological polar surface area (TPSA) is 185 Å². The van der Waals surface area contributed by atoms with Gasteiger partial charge in [-0.3, -0.25) is 15.0 Å². The van der Waals surface area contributed by atoms with E-state index in [2.05, 4.69) is 25.3 Å². The normalized spacial score (nSPS) is 11.8. The van der Waals surface area contributed by atoms with Crippen molar-refractivity contribution in [3.05, 3.63) is 198 Å². The summed E-state index contributed by atoms with van der Waals surface area (Å²) in [5.74, 6) is 0.999. The molecule has 0 saturated heterocycles. The fourth-order valence-electron chi connectivity index (χ4n) is 9.19. The summed E-state index contributed by atoms with van der Waals surface area (Å²) in [6.07, 6.45) is 22.2. The second-order valence-corrected chi connectivity index (χ2v) is 16.9. The Labute approximate surface area is 425 Å². The summed E-state index contributed by atoms with van der Waals surface area (Å²) in [6, 6.07) is 34.7. The molecular formula is C57H36CuN10O5. The summed E-state index contributed by atoms with van der Waals surface area (Å²) in [5, 5.41) is 10.2. The first-order valence-electron chi connectivity index (χ1n) is 23.0. The van der Waals surface area contributed by atoms with E-state index in [4.69, 9.17) is 38.2 Å². The van der Waals surface area contributed by atoms with Crippen LogP contribution in [0.1, 0.15) is 28.5 Å². The first kappa shape index (κ1) is 44.7. The number of hydrogen-bond donors (Lipinski definition) is 0. The van der Waals surface area contributed by atoms with E-state index in [1.54, 1.807) is 60.4 Å². The van der Waals surface area contributed by atoms with Crippen LogP contribution in [0.25, 0.3) is 113 Å². The molecule has 8 bridgehead atoms. The average Bonchev–Trinajstić information content (AvgIpc) is 4.30. The third-order valence-electron chi connectivity index (χ3n) is 12.5. The van der Waals surface area contributed by atoms with Gasteiger partial charge in [0.25, 0.3) is 0 Å². The molecule has 11 aromatic rings. The zero-order valence-electron chi connectivity index (χ0n) is 38.3. The molecule has 2 aliphatic rings. The Balaban J connectivity index is 0.00000543. The molecule has 0 aliphatic carbocycles. The van der Waals surface area contributed by atoms with Crippen LogP contribution in [-0.4, -0.2) is 46.5 Å². The van der Waals surface area contributed by atoms with E-state index in [1.807, 2.05) is 121 Å². The van der Waals surface area contributed by atoms with Gasteiger partial charge in [-0.15, -0.1) is 27.2 Å². The third kappa shape index (κ3) is 8.56. The van der Waals surface area contributed by atoms with Gasteiger partial charge in [-0.2, -0.15) is 0 Å². The minimum atomic E-state index is -0.476. The van der Waals surface area contributed by atoms with Crippen LogP contribution in [-0.2, 0) is 30.2 Å². The summed E-state index contributed by atoms with van der Waals surface area (Å²) in [4.78, 5) is 46.4. The van der Waals surface area contributed by atoms with Gasteiger partial charge in [0.15, 0.2) is 11.2 Å². The molecule has 0 amide bonds. The van der Waals surface area contributed by atoms with Gasteiger partial charge < -0.3 is 28.3 Å². The van der Waals surface area contributed by atoms with E-state index < -0.39 is 5.63 Å². The van der Waals surface area contributed by atoms with Gasteiger partial charge in [0.1, 0.15) is 24.7 Å². The second kappa shape index (κ2) is 19.0. The third-order valence-corrected chi connectivity index (χ3v) is 12.5. The van der Waals surface area contributed by atoms with Crippen LogP contribution in [0.5, 0.6) is 11.5 Å². The first-order valence-corrected chi connectivity index (χ1v) is 23.0. The van der Waals surface area contributed by atoms with Crippen molar-refractivity contribution in [1.82, 2.24) is 49.9 Å². The van der Waals surface area contributed by atoms with Crippen molar-refractivity contribution in [1.29, 1.82) is 0 Å². The molecule has 2 aromatic carbocycles. The van der Waals surface area contributed by atoms with Crippen LogP contribution in [0.3, 0.4) is 0 Å². The van der Waals surface area contributed by atoms with Crippen molar-refractivity contribution in [3.8, 4) is 56.0 Å². The molecule has 0 N–H and O–H groups in total. The fourth-order valence-corrected chi connectivity index (χ4v) is 9.19. The Morgan fingerprint density at radius 2 is 1.03 bits per heavy atom. The molecule has 1 radical (unpaired) electrons. The molecule has 16 heteroatoms. The van der Waals surface area contributed by atoms with Crippen molar-refractivity contribution in [3.63, 3.8) is 0 Å². The van der Waals surface area contributed by atoms with Crippen molar-refractivity contribution in [2.45, 2.75) is 13.2 Å². The molecule has 0 unspecified atom stereocenters. The van der Waals surface area contributed by atoms with Crippen molar-refractivity contribution >= 4 is 68.3 Å². The van der Waals surface area contributed by atoms with Crippen LogP contribution in [0, 0.1) is 0 Å². The predicted molar refractivity (Wildman–Crippen MR) is 274 cm³/mol. The molecular weight excluding hydrogens is 968 g/mol. The van der Waals surface area contributed by atoms with Crippen LogP contribution in [0.15, 0.2) is 172 Å². The summed E-state index contributed by atoms with van der Waals surface area (Å²) in [5.41, 5.74) is 14.1. The number of ether oxygens (including phenoxy) is 2. The Hall–Kier alpha value is -9.50. The zero-order valence-corrected chi connectivity index (χ0v) is 39.2. The number of furan rings is 1. The van der Waals surface area contributed by atoms with Gasteiger partial charge in [-0.1, -0.05) is 41.6 Å². The van der Waals surface area contributed by atoms with E-state index in [-0.39, 0.29) is 30.3 Å². The second-order valence-electron chi connectivity index (χ2n) is 16.9. The van der Waals surface area contributed by atoms with Crippen LogP contribution >= 0.6 is 0 Å². The van der Waals surface area contributed by atoms with Gasteiger partial charge >= 0.3 is 22.7 Å². The maximum Gasteiger partial charge on any atom is 2.00 e. The van der Waals surface area contributed by atoms with Gasteiger partial charge in [-0.25, -0.2) is 19.4 Å². The van der Waals surface area contributed by atoms with E-state index in [1.165, 1.54) is 6.07 Å². The molecule has 355 valence electrons. The van der Waals surface area contributed by atoms with E-state index in [0.717, 1.165) is 100 Å². The van der Waals surface area contributed by atoms with Gasteiger partial charge in [-0.05, 0) is 136 Å². The van der Waals surface area contributed by atoms with Gasteiger partial charge in [0, 0.05) is 54.0 Å². The Morgan fingerprint density at radius 1 is 0.534 bits per heavy atom. The van der Waals surface area contributed by atoms with Crippen molar-refractivity contribution in [2.75, 3.05) is 6.61 Å². The smallest absolute Gasteiger partial charge is 0.657 e. The molecule has 11 heterocycles. The number of pyridine rings is 3. The van der Waals surface area contributed by atoms with Crippen LogP contribution < -0.4 is 25.1 Å². The number of hydrogen-bond acceptors (Lipinski definition) is 12. The predicted octanol–water partition coefficient (Wildman–Crippen LogP) is 10.9. The quantitative estimate of drug-likeness (QED) is 0.0880. The number of benzene rings is 2. The first-order chi connectivity index (χ1) is 35.6. The summed E-state index contributed by atoms with van der Waals surface area (Å²) in [7, 11) is 0. The fraction of sp³-hybridized carbons (Fsp3) is 0.0526. The van der Waals surface area contributed by atoms with Crippen LogP contribution in [0.2, 0.25) is 0 Å². The zero-order chi connectivity index (χ0) is 48.0. The molecule has 0 fully saturated rings. The number of nitrogens with zero attached hydrogens (tertiary/aromatic N) is 10. The summed E-state index contributed by atoms with van der Waals surface area (Å²) >= 11 is 0. The Bertz CT molecular complexity index is 4130. The minimum Gasteiger partial charge on any atom is -0.657 e. The molecule has 0 atom stereocenters. The van der Waals surface area contributed by atoms with Crippen molar-refractivity contribution in [2.24, 2.45) is 0 Å². The van der Waals surface area contributed by atoms with E-state index in [0.29, 0.717) is 34.9 Å². The average molecular weight is 1000 g/mol. The maximum absolute atomic E-state index is 12.1. The standard InChI is InChI=1S/C57H36N10O5.Cu/c68-50-14-3-38-31-39-21-29-69-55(39)57(56(38)72-50)70-30-28-67-32-40(65-66-67)33-71-41-4-1-34(2-5-41)51-42-6-8-44(61-42)52(35-15-22-58-23-16-35)46-10-12-48(63-46)54(37-19-26-60-27-20-37)49-13-11-47(64-49)53(36-17-24-59-25-18-36)45-9-7-43(51)62-45;/h1-27,29,31-32H,28,30,33H2;/q-2;+2. The minimum absolute atomic E-state index is 0. The van der Waals surface area contributed by atoms with Gasteiger partial charge in [0.2, 0.25) is 5.75 Å². The number of aromatic nitrogens is 10. The number of rotatable bonds is 11. The molecule has 0 spiro atoms. The molecule has 13 rings (SSSR count). The largest absolute Gasteiger partial charge is 2.00 e. The van der Waals surface area contributed by atoms with E-state index in [9.17, 15) is 4.79 Å². The van der Waals surface area contributed by atoms with Crippen molar-refractivity contribution < 1.29 is 35.4 Å². The molecule has 0 saturated carbocycles. The maximum atomic E-state index is 12.1. The van der Waals surface area contributed by atoms with Crippen LogP contribution in [0.4, 0.5) is 0 Å². The Morgan fingerprint density at radius 3 is 1.55 bits per heavy atom. The number of fused-ring (bicyclic) bond motifs is 10. The summed E-state index contributed by atoms with van der Waals surface area (Å²) < 4.78 is 25.2. The summed E-state index contributed by atoms with van der Waals surface area (Å²) in [6.45, 7) is 0.763. The van der Waals surface area contributed by atoms with Gasteiger partial charge in [0.05, 0.1) is 41.8 Å². The SMILES string of the molecule is O=c1ccc2cc3ccoc3c(OCCn3cc(COc4ccc(-c5c6nc(c(-c7ccncc7)c7ccc([n-]7)c(-c7ccncc7)c7nc(c(-c8ccncc8)c8ccc5[n-]8)C=C7)C=C6)cc4)nn3)c2o1.[Cu+2]. The molecule has 15 nitrogen and oxygen atoms in total. The molecule has 2 aliphatic heterocycles. The van der Waals surface area contributed by atoms with E-state index >= 15 is 0 Å². The molecule has 73 heavy (non-hydrogen) atoms. The Kier molecular flexibility index (Phi) is 11.6.